The van der Waals surface area contributed by atoms with Gasteiger partial charge in [-0.05, 0) is 43.9 Å². The Morgan fingerprint density at radius 2 is 1.81 bits per heavy atom. The van der Waals surface area contributed by atoms with Crippen LogP contribution in [0.2, 0.25) is 0 Å². The molecule has 6 nitrogen and oxygen atoms in total. The van der Waals surface area contributed by atoms with Crippen LogP contribution in [0.1, 0.15) is 25.3 Å². The lowest BCUT2D eigenvalue weighted by atomic mass is 10.1. The van der Waals surface area contributed by atoms with Gasteiger partial charge in [-0.2, -0.15) is 0 Å². The highest BCUT2D eigenvalue weighted by atomic mass is 19.4. The number of hydrogen-bond acceptors (Lipinski definition) is 3. The summed E-state index contributed by atoms with van der Waals surface area (Å²) in [6.07, 6.45) is -2.14. The molecule has 1 aliphatic rings. The summed E-state index contributed by atoms with van der Waals surface area (Å²) < 4.78 is 40.3. The molecule has 0 aromatic heterocycles. The van der Waals surface area contributed by atoms with Crippen molar-refractivity contribution in [3.05, 3.63) is 29.8 Å². The van der Waals surface area contributed by atoms with E-state index in [-0.39, 0.29) is 17.6 Å². The highest BCUT2D eigenvalue weighted by molar-refractivity contribution is 5.81. The first-order valence-electron chi connectivity index (χ1n) is 9.02. The molecule has 27 heavy (non-hydrogen) atoms. The maximum atomic E-state index is 12.1. The van der Waals surface area contributed by atoms with Crippen LogP contribution in [-0.4, -0.2) is 44.4 Å². The zero-order chi connectivity index (χ0) is 19.7. The lowest BCUT2D eigenvalue weighted by Gasteiger charge is -2.12. The number of amides is 1. The van der Waals surface area contributed by atoms with Gasteiger partial charge in [-0.25, -0.2) is 0 Å². The Balaban J connectivity index is 1.72. The molecule has 1 aliphatic carbocycles. The average Bonchev–Trinajstić information content (AvgIpc) is 3.44. The molecule has 0 saturated heterocycles. The zero-order valence-corrected chi connectivity index (χ0v) is 15.2. The fourth-order valence-corrected chi connectivity index (χ4v) is 2.35. The molecule has 0 aliphatic heterocycles. The Bertz CT molecular complexity index is 628. The molecule has 1 aromatic carbocycles. The first-order chi connectivity index (χ1) is 12.9. The first-order valence-corrected chi connectivity index (χ1v) is 9.02. The van der Waals surface area contributed by atoms with Gasteiger partial charge in [0.25, 0.3) is 0 Å². The van der Waals surface area contributed by atoms with Crippen molar-refractivity contribution in [3.8, 4) is 5.75 Å². The minimum Gasteiger partial charge on any atom is -0.406 e. The van der Waals surface area contributed by atoms with E-state index >= 15 is 0 Å². The Hall–Kier alpha value is -2.45. The van der Waals surface area contributed by atoms with Crippen LogP contribution >= 0.6 is 0 Å². The zero-order valence-electron chi connectivity index (χ0n) is 15.2. The molecule has 2 rings (SSSR count). The monoisotopic (exact) mass is 386 g/mol. The lowest BCUT2D eigenvalue weighted by molar-refractivity contribution is -0.274. The standard InChI is InChI=1S/C18H25F3N4O2/c1-2-22-17(25-12-11-23-16(26)14-5-6-14)24-10-9-13-3-7-15(8-4-13)27-18(19,20)21/h3-4,7-8,14H,2,5-6,9-12H2,1H3,(H,23,26)(H2,22,24,25). The van der Waals surface area contributed by atoms with Crippen molar-refractivity contribution in [1.82, 2.24) is 16.0 Å². The summed E-state index contributed by atoms with van der Waals surface area (Å²) >= 11 is 0. The highest BCUT2D eigenvalue weighted by Gasteiger charge is 2.31. The van der Waals surface area contributed by atoms with Crippen LogP contribution in [0.3, 0.4) is 0 Å². The average molecular weight is 386 g/mol. The molecule has 0 atom stereocenters. The van der Waals surface area contributed by atoms with Crippen molar-refractivity contribution in [2.75, 3.05) is 26.2 Å². The molecule has 1 aromatic rings. The number of halogens is 3. The van der Waals surface area contributed by atoms with Crippen molar-refractivity contribution < 1.29 is 22.7 Å². The molecular weight excluding hydrogens is 361 g/mol. The van der Waals surface area contributed by atoms with E-state index in [2.05, 4.69) is 25.7 Å². The molecular formula is C18H25F3N4O2. The van der Waals surface area contributed by atoms with E-state index in [1.54, 1.807) is 12.1 Å². The van der Waals surface area contributed by atoms with E-state index in [1.807, 2.05) is 6.92 Å². The third-order valence-corrected chi connectivity index (χ3v) is 3.84. The van der Waals surface area contributed by atoms with Crippen LogP contribution < -0.4 is 20.7 Å². The molecule has 0 unspecified atom stereocenters. The number of nitrogens with one attached hydrogen (secondary N) is 3. The number of carbonyl (C=O) groups excluding carboxylic acids is 1. The Kier molecular flexibility index (Phi) is 7.75. The van der Waals surface area contributed by atoms with Gasteiger partial charge >= 0.3 is 6.36 Å². The van der Waals surface area contributed by atoms with E-state index in [0.29, 0.717) is 38.6 Å². The summed E-state index contributed by atoms with van der Waals surface area (Å²) in [4.78, 5) is 16.0. The van der Waals surface area contributed by atoms with Crippen molar-refractivity contribution >= 4 is 11.9 Å². The number of benzene rings is 1. The molecule has 0 bridgehead atoms. The third kappa shape index (κ3) is 8.65. The number of aliphatic imine (C=N–C) groups is 1. The summed E-state index contributed by atoms with van der Waals surface area (Å²) in [5.41, 5.74) is 0.862. The fourth-order valence-electron chi connectivity index (χ4n) is 2.35. The van der Waals surface area contributed by atoms with Gasteiger partial charge in [0.15, 0.2) is 5.96 Å². The number of alkyl halides is 3. The van der Waals surface area contributed by atoms with Crippen LogP contribution in [0.5, 0.6) is 5.75 Å². The predicted octanol–water partition coefficient (Wildman–Crippen LogP) is 2.21. The molecule has 1 amide bonds. The Morgan fingerprint density at radius 3 is 2.41 bits per heavy atom. The van der Waals surface area contributed by atoms with Gasteiger partial charge in [-0.3, -0.25) is 9.79 Å². The van der Waals surface area contributed by atoms with Gasteiger partial charge in [-0.15, -0.1) is 13.2 Å². The van der Waals surface area contributed by atoms with Gasteiger partial charge in [0.1, 0.15) is 5.75 Å². The molecule has 1 saturated carbocycles. The summed E-state index contributed by atoms with van der Waals surface area (Å²) in [7, 11) is 0. The highest BCUT2D eigenvalue weighted by Crippen LogP contribution is 2.28. The smallest absolute Gasteiger partial charge is 0.406 e. The summed E-state index contributed by atoms with van der Waals surface area (Å²) in [6.45, 7) is 4.21. The van der Waals surface area contributed by atoms with Crippen LogP contribution in [0.4, 0.5) is 13.2 Å². The second-order valence-corrected chi connectivity index (χ2v) is 6.19. The summed E-state index contributed by atoms with van der Waals surface area (Å²) in [6, 6.07) is 5.76. The lowest BCUT2D eigenvalue weighted by Crippen LogP contribution is -2.41. The number of carbonyl (C=O) groups is 1. The second-order valence-electron chi connectivity index (χ2n) is 6.19. The summed E-state index contributed by atoms with van der Waals surface area (Å²) in [5.74, 6) is 0.699. The second kappa shape index (κ2) is 10.0. The van der Waals surface area contributed by atoms with Gasteiger partial charge in [0.2, 0.25) is 5.91 Å². The number of guanidine groups is 1. The minimum absolute atomic E-state index is 0.108. The van der Waals surface area contributed by atoms with E-state index in [9.17, 15) is 18.0 Å². The van der Waals surface area contributed by atoms with Crippen molar-refractivity contribution in [2.45, 2.75) is 32.5 Å². The van der Waals surface area contributed by atoms with Crippen LogP contribution in [0, 0.1) is 5.92 Å². The predicted molar refractivity (Wildman–Crippen MR) is 96.5 cm³/mol. The minimum atomic E-state index is -4.68. The van der Waals surface area contributed by atoms with Crippen molar-refractivity contribution in [2.24, 2.45) is 10.9 Å². The molecule has 0 radical (unpaired) electrons. The van der Waals surface area contributed by atoms with E-state index < -0.39 is 6.36 Å². The van der Waals surface area contributed by atoms with Crippen molar-refractivity contribution in [1.29, 1.82) is 0 Å². The third-order valence-electron chi connectivity index (χ3n) is 3.84. The Labute approximate surface area is 156 Å². The molecule has 3 N–H and O–H groups in total. The first kappa shape index (κ1) is 20.9. The molecule has 0 spiro atoms. The number of ether oxygens (including phenoxy) is 1. The Morgan fingerprint density at radius 1 is 1.15 bits per heavy atom. The molecule has 9 heteroatoms. The molecule has 0 heterocycles. The quantitative estimate of drug-likeness (QED) is 0.346. The van der Waals surface area contributed by atoms with E-state index in [1.165, 1.54) is 12.1 Å². The van der Waals surface area contributed by atoms with Gasteiger partial charge in [0, 0.05) is 32.1 Å². The summed E-state index contributed by atoms with van der Waals surface area (Å²) in [5, 5.41) is 9.11. The van der Waals surface area contributed by atoms with Crippen LogP contribution in [0.25, 0.3) is 0 Å². The molecule has 150 valence electrons. The van der Waals surface area contributed by atoms with Gasteiger partial charge < -0.3 is 20.7 Å². The maximum Gasteiger partial charge on any atom is 0.573 e. The fraction of sp³-hybridized carbons (Fsp3) is 0.556. The topological polar surface area (TPSA) is 74.8 Å². The number of hydrogen-bond donors (Lipinski definition) is 3. The van der Waals surface area contributed by atoms with Crippen LogP contribution in [-0.2, 0) is 11.2 Å². The molecule has 1 fully saturated rings. The largest absolute Gasteiger partial charge is 0.573 e. The number of nitrogens with zero attached hydrogens (tertiary/aromatic N) is 1. The van der Waals surface area contributed by atoms with Crippen molar-refractivity contribution in [3.63, 3.8) is 0 Å². The normalized spacial score (nSPS) is 14.6. The maximum absolute atomic E-state index is 12.1. The number of rotatable bonds is 9. The SMILES string of the molecule is CCNC(=NCCc1ccc(OC(F)(F)F)cc1)NCCNC(=O)C1CC1. The van der Waals surface area contributed by atoms with Crippen LogP contribution in [0.15, 0.2) is 29.3 Å². The van der Waals surface area contributed by atoms with E-state index in [0.717, 1.165) is 18.4 Å². The van der Waals surface area contributed by atoms with E-state index in [4.69, 9.17) is 0 Å². The van der Waals surface area contributed by atoms with Gasteiger partial charge in [-0.1, -0.05) is 12.1 Å². The van der Waals surface area contributed by atoms with Gasteiger partial charge in [0.05, 0.1) is 0 Å².